The second kappa shape index (κ2) is 6.41. The average molecular weight is 349 g/mol. The van der Waals surface area contributed by atoms with Crippen LogP contribution in [0, 0.1) is 0 Å². The van der Waals surface area contributed by atoms with Gasteiger partial charge in [0.25, 0.3) is 10.0 Å². The SMILES string of the molecule is CC(CC(=O)O)OCCCN1c2cccc3cccc(c23)S1(=O)=O. The van der Waals surface area contributed by atoms with Crippen molar-refractivity contribution in [3.63, 3.8) is 0 Å². The molecule has 1 N–H and O–H groups in total. The summed E-state index contributed by atoms with van der Waals surface area (Å²) in [6.07, 6.45) is 0.0404. The number of rotatable bonds is 7. The third-order valence-corrected chi connectivity index (χ3v) is 5.91. The van der Waals surface area contributed by atoms with E-state index in [0.29, 0.717) is 30.2 Å². The van der Waals surface area contributed by atoms with Crippen molar-refractivity contribution in [2.75, 3.05) is 17.5 Å². The number of anilines is 1. The molecule has 3 rings (SSSR count). The Balaban J connectivity index is 1.72. The predicted molar refractivity (Wildman–Crippen MR) is 90.8 cm³/mol. The first-order chi connectivity index (χ1) is 11.4. The molecule has 0 aliphatic carbocycles. The van der Waals surface area contributed by atoms with Gasteiger partial charge < -0.3 is 9.84 Å². The van der Waals surface area contributed by atoms with Gasteiger partial charge in [-0.2, -0.15) is 0 Å². The Labute approximate surface area is 140 Å². The third kappa shape index (κ3) is 2.97. The summed E-state index contributed by atoms with van der Waals surface area (Å²) in [5, 5.41) is 10.4. The number of hydrogen-bond acceptors (Lipinski definition) is 4. The zero-order chi connectivity index (χ0) is 17.3. The van der Waals surface area contributed by atoms with Crippen molar-refractivity contribution in [1.82, 2.24) is 0 Å². The highest BCUT2D eigenvalue weighted by atomic mass is 32.2. The Morgan fingerprint density at radius 3 is 2.67 bits per heavy atom. The van der Waals surface area contributed by atoms with Crippen LogP contribution < -0.4 is 4.31 Å². The zero-order valence-corrected chi connectivity index (χ0v) is 14.1. The number of hydrogen-bond donors (Lipinski definition) is 1. The Bertz CT molecular complexity index is 872. The molecule has 0 spiro atoms. The molecule has 1 aliphatic rings. The summed E-state index contributed by atoms with van der Waals surface area (Å²) in [5.74, 6) is -0.910. The van der Waals surface area contributed by atoms with E-state index in [-0.39, 0.29) is 6.42 Å². The number of carboxylic acids is 1. The number of carbonyl (C=O) groups is 1. The highest BCUT2D eigenvalue weighted by molar-refractivity contribution is 7.93. The van der Waals surface area contributed by atoms with E-state index in [9.17, 15) is 13.2 Å². The second-order valence-corrected chi connectivity index (χ2v) is 7.67. The summed E-state index contributed by atoms with van der Waals surface area (Å²) in [6.45, 7) is 2.31. The lowest BCUT2D eigenvalue weighted by molar-refractivity contribution is -0.139. The third-order valence-electron chi connectivity index (χ3n) is 4.05. The first kappa shape index (κ1) is 16.7. The number of aliphatic carboxylic acids is 1. The average Bonchev–Trinajstić information content (AvgIpc) is 2.74. The molecule has 128 valence electrons. The lowest BCUT2D eigenvalue weighted by Gasteiger charge is -2.19. The highest BCUT2D eigenvalue weighted by Gasteiger charge is 2.34. The van der Waals surface area contributed by atoms with Crippen molar-refractivity contribution in [1.29, 1.82) is 0 Å². The first-order valence-electron chi connectivity index (χ1n) is 7.79. The summed E-state index contributed by atoms with van der Waals surface area (Å²) >= 11 is 0. The number of ether oxygens (including phenoxy) is 1. The van der Waals surface area contributed by atoms with Gasteiger partial charge in [0.15, 0.2) is 0 Å². The molecule has 0 fully saturated rings. The predicted octanol–water partition coefficient (Wildman–Crippen LogP) is 2.62. The van der Waals surface area contributed by atoms with E-state index in [0.717, 1.165) is 10.8 Å². The first-order valence-corrected chi connectivity index (χ1v) is 9.23. The largest absolute Gasteiger partial charge is 0.481 e. The molecule has 6 nitrogen and oxygen atoms in total. The summed E-state index contributed by atoms with van der Waals surface area (Å²) < 4.78 is 32.3. The molecule has 1 heterocycles. The van der Waals surface area contributed by atoms with Crippen LogP contribution in [-0.2, 0) is 19.6 Å². The molecule has 0 radical (unpaired) electrons. The van der Waals surface area contributed by atoms with Crippen LogP contribution in [-0.4, -0.2) is 38.7 Å². The molecular formula is C17H19NO5S. The molecule has 1 aliphatic heterocycles. The fourth-order valence-electron chi connectivity index (χ4n) is 3.00. The van der Waals surface area contributed by atoms with Crippen molar-refractivity contribution in [3.8, 4) is 0 Å². The van der Waals surface area contributed by atoms with E-state index in [1.54, 1.807) is 19.1 Å². The van der Waals surface area contributed by atoms with E-state index in [1.807, 2.05) is 24.3 Å². The maximum Gasteiger partial charge on any atom is 0.305 e. The summed E-state index contributed by atoms with van der Waals surface area (Å²) in [5.41, 5.74) is 0.696. The van der Waals surface area contributed by atoms with Gasteiger partial charge in [-0.3, -0.25) is 9.10 Å². The molecule has 0 saturated heterocycles. The van der Waals surface area contributed by atoms with Gasteiger partial charge in [-0.1, -0.05) is 24.3 Å². The van der Waals surface area contributed by atoms with Gasteiger partial charge >= 0.3 is 5.97 Å². The van der Waals surface area contributed by atoms with E-state index in [1.165, 1.54) is 4.31 Å². The van der Waals surface area contributed by atoms with Gasteiger partial charge in [0, 0.05) is 18.5 Å². The van der Waals surface area contributed by atoms with Crippen LogP contribution >= 0.6 is 0 Å². The van der Waals surface area contributed by atoms with Gasteiger partial charge in [-0.25, -0.2) is 8.42 Å². The smallest absolute Gasteiger partial charge is 0.305 e. The lowest BCUT2D eigenvalue weighted by Crippen LogP contribution is -2.29. The molecular weight excluding hydrogens is 330 g/mol. The number of benzene rings is 2. The van der Waals surface area contributed by atoms with Crippen molar-refractivity contribution in [2.45, 2.75) is 30.8 Å². The van der Waals surface area contributed by atoms with E-state index in [2.05, 4.69) is 0 Å². The molecule has 1 atom stereocenters. The van der Waals surface area contributed by atoms with Crippen LogP contribution in [0.1, 0.15) is 19.8 Å². The summed E-state index contributed by atoms with van der Waals surface area (Å²) in [4.78, 5) is 10.9. The minimum atomic E-state index is -3.53. The van der Waals surface area contributed by atoms with Crippen LogP contribution in [0.3, 0.4) is 0 Å². The van der Waals surface area contributed by atoms with Gasteiger partial charge in [-0.15, -0.1) is 0 Å². The molecule has 7 heteroatoms. The van der Waals surface area contributed by atoms with Crippen molar-refractivity contribution >= 4 is 32.5 Å². The Kier molecular flexibility index (Phi) is 4.47. The highest BCUT2D eigenvalue weighted by Crippen LogP contribution is 2.41. The molecule has 2 aromatic carbocycles. The van der Waals surface area contributed by atoms with Crippen molar-refractivity contribution < 1.29 is 23.1 Å². The standard InChI is InChI=1S/C17H19NO5S/c1-12(11-16(19)20)23-10-4-9-18-14-7-2-5-13-6-3-8-15(17(13)14)24(18,21)22/h2-3,5-8,12H,4,9-11H2,1H3,(H,19,20). The van der Waals surface area contributed by atoms with Crippen LogP contribution in [0.5, 0.6) is 0 Å². The summed E-state index contributed by atoms with van der Waals surface area (Å²) in [6, 6.07) is 10.8. The van der Waals surface area contributed by atoms with Gasteiger partial charge in [0.2, 0.25) is 0 Å². The number of sulfonamides is 1. The van der Waals surface area contributed by atoms with Crippen LogP contribution in [0.4, 0.5) is 5.69 Å². The minimum absolute atomic E-state index is 0.0627. The maximum absolute atomic E-state index is 12.7. The van der Waals surface area contributed by atoms with E-state index >= 15 is 0 Å². The Morgan fingerprint density at radius 1 is 1.25 bits per heavy atom. The van der Waals surface area contributed by atoms with Crippen LogP contribution in [0.15, 0.2) is 41.3 Å². The maximum atomic E-state index is 12.7. The molecule has 0 amide bonds. The second-order valence-electron chi connectivity index (χ2n) is 5.84. The van der Waals surface area contributed by atoms with Crippen molar-refractivity contribution in [3.05, 3.63) is 36.4 Å². The normalized spacial score (nSPS) is 16.5. The quantitative estimate of drug-likeness (QED) is 0.777. The Hall–Kier alpha value is -2.12. The van der Waals surface area contributed by atoms with Crippen LogP contribution in [0.25, 0.3) is 10.8 Å². The monoisotopic (exact) mass is 349 g/mol. The fraction of sp³-hybridized carbons (Fsp3) is 0.353. The van der Waals surface area contributed by atoms with E-state index < -0.39 is 22.1 Å². The van der Waals surface area contributed by atoms with Crippen molar-refractivity contribution in [2.24, 2.45) is 0 Å². The number of nitrogens with zero attached hydrogens (tertiary/aromatic N) is 1. The zero-order valence-electron chi connectivity index (χ0n) is 13.3. The molecule has 1 unspecified atom stereocenters. The van der Waals surface area contributed by atoms with Gasteiger partial charge in [0.1, 0.15) is 0 Å². The molecule has 0 aromatic heterocycles. The van der Waals surface area contributed by atoms with Gasteiger partial charge in [0.05, 0.1) is 23.1 Å². The molecule has 2 aromatic rings. The molecule has 0 bridgehead atoms. The summed E-state index contributed by atoms with van der Waals surface area (Å²) in [7, 11) is -3.53. The minimum Gasteiger partial charge on any atom is -0.481 e. The number of carboxylic acid groups (broad SMARTS) is 1. The fourth-order valence-corrected chi connectivity index (χ4v) is 4.75. The van der Waals surface area contributed by atoms with E-state index in [4.69, 9.17) is 9.84 Å². The molecule has 24 heavy (non-hydrogen) atoms. The molecule has 0 saturated carbocycles. The lowest BCUT2D eigenvalue weighted by atomic mass is 10.1. The van der Waals surface area contributed by atoms with Gasteiger partial charge in [-0.05, 0) is 30.9 Å². The van der Waals surface area contributed by atoms with Crippen LogP contribution in [0.2, 0.25) is 0 Å². The topological polar surface area (TPSA) is 83.9 Å². The Morgan fingerprint density at radius 2 is 1.96 bits per heavy atom.